The minimum Gasteiger partial charge on any atom is -0.272 e. The zero-order valence-corrected chi connectivity index (χ0v) is 14.4. The largest absolute Gasteiger partial charge is 0.272 e. The molecular weight excluding hydrogens is 316 g/mol. The Morgan fingerprint density at radius 1 is 1.26 bits per heavy atom. The van der Waals surface area contributed by atoms with E-state index in [0.717, 1.165) is 0 Å². The van der Waals surface area contributed by atoms with E-state index in [9.17, 15) is 8.42 Å². The molecule has 0 radical (unpaired) electrons. The molecule has 0 bridgehead atoms. The Balaban J connectivity index is 1.83. The quantitative estimate of drug-likeness (QED) is 0.735. The van der Waals surface area contributed by atoms with E-state index >= 15 is 0 Å². The number of nitrogens with zero attached hydrogens (tertiary/aromatic N) is 4. The van der Waals surface area contributed by atoms with Crippen molar-refractivity contribution in [3.05, 3.63) is 36.6 Å². The van der Waals surface area contributed by atoms with Crippen molar-refractivity contribution in [2.45, 2.75) is 26.7 Å². The van der Waals surface area contributed by atoms with Gasteiger partial charge in [0.15, 0.2) is 0 Å². The first-order chi connectivity index (χ1) is 10.8. The molecule has 0 saturated heterocycles. The summed E-state index contributed by atoms with van der Waals surface area (Å²) < 4.78 is 28.7. The molecule has 1 atom stereocenters. The third kappa shape index (κ3) is 6.07. The van der Waals surface area contributed by atoms with Crippen LogP contribution in [0.1, 0.15) is 32.5 Å². The molecular formula is C15H22N4O3S. The first-order valence-electron chi connectivity index (χ1n) is 7.38. The minimum absolute atomic E-state index is 0.0961. The zero-order valence-electron chi connectivity index (χ0n) is 13.6. The first kappa shape index (κ1) is 17.6. The highest BCUT2D eigenvalue weighted by atomic mass is 32.2. The molecule has 0 amide bonds. The molecule has 23 heavy (non-hydrogen) atoms. The molecule has 7 nitrogen and oxygen atoms in total. The predicted molar refractivity (Wildman–Crippen MR) is 88.3 cm³/mol. The van der Waals surface area contributed by atoms with E-state index in [1.165, 1.54) is 0 Å². The molecule has 1 unspecified atom stereocenters. The number of rotatable bonds is 6. The van der Waals surface area contributed by atoms with E-state index in [0.29, 0.717) is 5.82 Å². The van der Waals surface area contributed by atoms with Gasteiger partial charge in [0.05, 0.1) is 24.8 Å². The monoisotopic (exact) mass is 338 g/mol. The molecule has 0 N–H and O–H groups in total. The smallest absolute Gasteiger partial charge is 0.269 e. The molecule has 1 aliphatic heterocycles. The van der Waals surface area contributed by atoms with E-state index in [1.807, 2.05) is 26.8 Å². The maximum absolute atomic E-state index is 11.9. The van der Waals surface area contributed by atoms with Crippen LogP contribution in [0.2, 0.25) is 0 Å². The Morgan fingerprint density at radius 2 is 1.96 bits per heavy atom. The summed E-state index contributed by atoms with van der Waals surface area (Å²) in [5.41, 5.74) is -0.195. The molecule has 1 aromatic heterocycles. The van der Waals surface area contributed by atoms with Crippen LogP contribution in [0.15, 0.2) is 35.8 Å². The Bertz CT molecular complexity index is 652. The molecule has 0 aliphatic carbocycles. The lowest BCUT2D eigenvalue weighted by molar-refractivity contribution is 0.202. The van der Waals surface area contributed by atoms with Crippen molar-refractivity contribution in [3.8, 4) is 0 Å². The third-order valence-corrected chi connectivity index (χ3v) is 4.13. The molecule has 0 aromatic carbocycles. The molecule has 2 rings (SSSR count). The Morgan fingerprint density at radius 3 is 2.52 bits per heavy atom. The fourth-order valence-electron chi connectivity index (χ4n) is 1.74. The van der Waals surface area contributed by atoms with E-state index in [2.05, 4.69) is 15.1 Å². The normalized spacial score (nSPS) is 18.4. The van der Waals surface area contributed by atoms with Crippen LogP contribution in [-0.4, -0.2) is 48.5 Å². The van der Waals surface area contributed by atoms with Crippen LogP contribution >= 0.6 is 0 Å². The van der Waals surface area contributed by atoms with Crippen molar-refractivity contribution in [2.75, 3.05) is 18.9 Å². The van der Waals surface area contributed by atoms with E-state index < -0.39 is 10.1 Å². The summed E-state index contributed by atoms with van der Waals surface area (Å²) in [5, 5.41) is 5.79. The predicted octanol–water partition coefficient (Wildman–Crippen LogP) is 1.77. The third-order valence-electron chi connectivity index (χ3n) is 2.97. The van der Waals surface area contributed by atoms with E-state index in [-0.39, 0.29) is 30.2 Å². The molecule has 0 spiro atoms. The molecule has 1 aromatic rings. The van der Waals surface area contributed by atoms with Crippen LogP contribution in [0.4, 0.5) is 0 Å². The van der Waals surface area contributed by atoms with Gasteiger partial charge in [0.1, 0.15) is 5.82 Å². The standard InChI is InChI=1S/C15H22N4O3S/c1-15(2,3)12-22-23(20,21)10-9-19-8-5-13(11-18-19)14-16-6-4-7-17-14/h4-8,11,13H,9-10,12H2,1-3H3. The molecule has 0 fully saturated rings. The van der Waals surface area contributed by atoms with Gasteiger partial charge in [-0.25, -0.2) is 9.97 Å². The van der Waals surface area contributed by atoms with Gasteiger partial charge in [-0.1, -0.05) is 26.8 Å². The topological polar surface area (TPSA) is 84.8 Å². The van der Waals surface area contributed by atoms with Crippen molar-refractivity contribution in [1.29, 1.82) is 0 Å². The maximum atomic E-state index is 11.9. The second-order valence-corrected chi connectivity index (χ2v) is 8.25. The van der Waals surface area contributed by atoms with E-state index in [1.54, 1.807) is 35.9 Å². The Kier molecular flexibility index (Phi) is 5.48. The van der Waals surface area contributed by atoms with Crippen LogP contribution in [0.3, 0.4) is 0 Å². The lowest BCUT2D eigenvalue weighted by Gasteiger charge is -2.21. The lowest BCUT2D eigenvalue weighted by Crippen LogP contribution is -2.26. The highest BCUT2D eigenvalue weighted by Crippen LogP contribution is 2.16. The molecule has 126 valence electrons. The highest BCUT2D eigenvalue weighted by Gasteiger charge is 2.19. The van der Waals surface area contributed by atoms with Crippen LogP contribution in [0.25, 0.3) is 0 Å². The van der Waals surface area contributed by atoms with Gasteiger partial charge in [0.25, 0.3) is 10.1 Å². The fourth-order valence-corrected chi connectivity index (χ4v) is 2.80. The van der Waals surface area contributed by atoms with E-state index in [4.69, 9.17) is 4.18 Å². The van der Waals surface area contributed by atoms with Gasteiger partial charge >= 0.3 is 0 Å². The summed E-state index contributed by atoms with van der Waals surface area (Å²) in [6.45, 7) is 6.17. The van der Waals surface area contributed by atoms with Gasteiger partial charge in [-0.3, -0.25) is 9.19 Å². The maximum Gasteiger partial charge on any atom is 0.269 e. The zero-order chi connectivity index (χ0) is 16.9. The summed E-state index contributed by atoms with van der Waals surface area (Å²) in [6, 6.07) is 1.75. The average Bonchev–Trinajstić information content (AvgIpc) is 2.52. The van der Waals surface area contributed by atoms with Gasteiger partial charge in [-0.2, -0.15) is 13.5 Å². The summed E-state index contributed by atoms with van der Waals surface area (Å²) >= 11 is 0. The fraction of sp³-hybridized carbons (Fsp3) is 0.533. The van der Waals surface area contributed by atoms with Gasteiger partial charge in [-0.05, 0) is 11.5 Å². The van der Waals surface area contributed by atoms with Gasteiger partial charge in [0.2, 0.25) is 0 Å². The number of hydrazone groups is 1. The molecule has 2 heterocycles. The summed E-state index contributed by atoms with van der Waals surface area (Å²) in [6.07, 6.45) is 8.66. The average molecular weight is 338 g/mol. The Labute approximate surface area is 137 Å². The van der Waals surface area contributed by atoms with Crippen LogP contribution in [0, 0.1) is 5.41 Å². The second-order valence-electron chi connectivity index (χ2n) is 6.49. The van der Waals surface area contributed by atoms with Crippen LogP contribution in [-0.2, 0) is 14.3 Å². The number of allylic oxidation sites excluding steroid dienone is 1. The number of hydrogen-bond donors (Lipinski definition) is 0. The van der Waals surface area contributed by atoms with Gasteiger partial charge < -0.3 is 0 Å². The molecule has 0 saturated carbocycles. The summed E-state index contributed by atoms with van der Waals surface area (Å²) in [5.74, 6) is 0.451. The highest BCUT2D eigenvalue weighted by molar-refractivity contribution is 7.86. The number of aromatic nitrogens is 2. The van der Waals surface area contributed by atoms with Crippen molar-refractivity contribution in [3.63, 3.8) is 0 Å². The van der Waals surface area contributed by atoms with Crippen LogP contribution < -0.4 is 0 Å². The van der Waals surface area contributed by atoms with Crippen molar-refractivity contribution < 1.29 is 12.6 Å². The first-order valence-corrected chi connectivity index (χ1v) is 8.96. The van der Waals surface area contributed by atoms with Crippen molar-refractivity contribution in [2.24, 2.45) is 10.5 Å². The van der Waals surface area contributed by atoms with Crippen molar-refractivity contribution in [1.82, 2.24) is 15.0 Å². The molecule has 8 heteroatoms. The minimum atomic E-state index is -3.55. The molecule has 1 aliphatic rings. The number of hydrogen-bond acceptors (Lipinski definition) is 7. The summed E-state index contributed by atoms with van der Waals surface area (Å²) in [7, 11) is -3.55. The van der Waals surface area contributed by atoms with Gasteiger partial charge in [0, 0.05) is 24.8 Å². The van der Waals surface area contributed by atoms with Gasteiger partial charge in [-0.15, -0.1) is 0 Å². The SMILES string of the molecule is CC(C)(C)COS(=O)(=O)CCN1C=CC(c2ncccn2)C=N1. The summed E-state index contributed by atoms with van der Waals surface area (Å²) in [4.78, 5) is 8.34. The van der Waals surface area contributed by atoms with Crippen LogP contribution in [0.5, 0.6) is 0 Å². The second kappa shape index (κ2) is 7.18. The van der Waals surface area contributed by atoms with Crippen molar-refractivity contribution >= 4 is 16.3 Å². The lowest BCUT2D eigenvalue weighted by atomic mass is 9.99. The Hall–Kier alpha value is -1.80.